The first kappa shape index (κ1) is 13.6. The van der Waals surface area contributed by atoms with Crippen molar-refractivity contribution in [3.63, 3.8) is 0 Å². The quantitative estimate of drug-likeness (QED) is 0.721. The van der Waals surface area contributed by atoms with Gasteiger partial charge in [0.1, 0.15) is 0 Å². The van der Waals surface area contributed by atoms with E-state index in [1.807, 2.05) is 0 Å². The Morgan fingerprint density at radius 1 is 1.07 bits per heavy atom. The minimum atomic E-state index is -5.59. The maximum atomic E-state index is 12.5. The first-order chi connectivity index (χ1) is 6.02. The first-order valence-corrected chi connectivity index (χ1v) is 4.19. The van der Waals surface area contributed by atoms with Gasteiger partial charge in [-0.1, -0.05) is 13.3 Å². The standard InChI is InChI=1S/C8H13F5O/c1-3-4-6(2,14)5-7(9,10)8(11,12)13/h14H,3-5H2,1-2H3. The van der Waals surface area contributed by atoms with Crippen LogP contribution in [0.25, 0.3) is 0 Å². The second-order valence-corrected chi connectivity index (χ2v) is 3.63. The van der Waals surface area contributed by atoms with Crippen molar-refractivity contribution in [1.82, 2.24) is 0 Å². The van der Waals surface area contributed by atoms with Gasteiger partial charge in [0.05, 0.1) is 5.60 Å². The highest BCUT2D eigenvalue weighted by atomic mass is 19.4. The van der Waals surface area contributed by atoms with E-state index in [0.29, 0.717) is 6.42 Å². The third-order valence-corrected chi connectivity index (χ3v) is 1.81. The Morgan fingerprint density at radius 2 is 1.50 bits per heavy atom. The van der Waals surface area contributed by atoms with Gasteiger partial charge in [0.2, 0.25) is 0 Å². The zero-order chi connectivity index (χ0) is 11.6. The molecular weight excluding hydrogens is 207 g/mol. The number of hydrogen-bond acceptors (Lipinski definition) is 1. The van der Waals surface area contributed by atoms with Gasteiger partial charge in [0.25, 0.3) is 0 Å². The molecule has 0 aliphatic heterocycles. The Bertz CT molecular complexity index is 185. The van der Waals surface area contributed by atoms with Crippen LogP contribution in [0.2, 0.25) is 0 Å². The van der Waals surface area contributed by atoms with E-state index in [1.165, 1.54) is 0 Å². The van der Waals surface area contributed by atoms with Gasteiger partial charge in [0.15, 0.2) is 0 Å². The second-order valence-electron chi connectivity index (χ2n) is 3.63. The van der Waals surface area contributed by atoms with Gasteiger partial charge in [-0.3, -0.25) is 0 Å². The monoisotopic (exact) mass is 220 g/mol. The predicted molar refractivity (Wildman–Crippen MR) is 41.2 cm³/mol. The van der Waals surface area contributed by atoms with E-state index in [9.17, 15) is 27.1 Å². The Labute approximate surface area is 78.9 Å². The minimum absolute atomic E-state index is 0.0847. The summed E-state index contributed by atoms with van der Waals surface area (Å²) in [4.78, 5) is 0. The Kier molecular flexibility index (Phi) is 3.89. The average molecular weight is 220 g/mol. The molecule has 0 fully saturated rings. The zero-order valence-corrected chi connectivity index (χ0v) is 7.96. The Balaban J connectivity index is 4.50. The molecule has 0 aromatic carbocycles. The normalized spacial score (nSPS) is 18.0. The van der Waals surface area contributed by atoms with Gasteiger partial charge >= 0.3 is 12.1 Å². The predicted octanol–water partition coefficient (Wildman–Crippen LogP) is 3.13. The third kappa shape index (κ3) is 3.77. The van der Waals surface area contributed by atoms with Gasteiger partial charge < -0.3 is 5.11 Å². The van der Waals surface area contributed by atoms with E-state index in [2.05, 4.69) is 0 Å². The van der Waals surface area contributed by atoms with E-state index in [1.54, 1.807) is 6.92 Å². The molecular formula is C8H13F5O. The minimum Gasteiger partial charge on any atom is -0.390 e. The molecule has 6 heteroatoms. The average Bonchev–Trinajstić information content (AvgIpc) is 1.80. The number of halogens is 5. The highest BCUT2D eigenvalue weighted by molar-refractivity contribution is 4.85. The molecule has 0 saturated heterocycles. The molecule has 1 N–H and O–H groups in total. The van der Waals surface area contributed by atoms with Gasteiger partial charge in [-0.25, -0.2) is 0 Å². The lowest BCUT2D eigenvalue weighted by atomic mass is 9.93. The SMILES string of the molecule is CCCC(C)(O)CC(F)(F)C(F)(F)F. The summed E-state index contributed by atoms with van der Waals surface area (Å²) in [6, 6.07) is 0. The molecule has 1 unspecified atom stereocenters. The van der Waals surface area contributed by atoms with Crippen molar-refractivity contribution in [3.8, 4) is 0 Å². The summed E-state index contributed by atoms with van der Waals surface area (Å²) in [6.07, 6.45) is -6.92. The van der Waals surface area contributed by atoms with Crippen molar-refractivity contribution in [2.24, 2.45) is 0 Å². The summed E-state index contributed by atoms with van der Waals surface area (Å²) in [6.45, 7) is 2.58. The lowest BCUT2D eigenvalue weighted by molar-refractivity contribution is -0.296. The number of alkyl halides is 5. The van der Waals surface area contributed by atoms with Crippen LogP contribution in [0.3, 0.4) is 0 Å². The van der Waals surface area contributed by atoms with Crippen molar-refractivity contribution >= 4 is 0 Å². The molecule has 0 aliphatic rings. The van der Waals surface area contributed by atoms with Crippen LogP contribution in [0.4, 0.5) is 22.0 Å². The van der Waals surface area contributed by atoms with Crippen LogP contribution in [-0.2, 0) is 0 Å². The smallest absolute Gasteiger partial charge is 0.390 e. The first-order valence-electron chi connectivity index (χ1n) is 4.19. The van der Waals surface area contributed by atoms with Crippen LogP contribution < -0.4 is 0 Å². The van der Waals surface area contributed by atoms with Gasteiger partial charge in [0, 0.05) is 6.42 Å². The van der Waals surface area contributed by atoms with Gasteiger partial charge in [-0.15, -0.1) is 0 Å². The van der Waals surface area contributed by atoms with Gasteiger partial charge in [-0.05, 0) is 13.3 Å². The van der Waals surface area contributed by atoms with Crippen LogP contribution in [0.15, 0.2) is 0 Å². The fraction of sp³-hybridized carbons (Fsp3) is 1.00. The van der Waals surface area contributed by atoms with Crippen LogP contribution in [0, 0.1) is 0 Å². The van der Waals surface area contributed by atoms with Crippen LogP contribution in [0.1, 0.15) is 33.1 Å². The van der Waals surface area contributed by atoms with E-state index in [0.717, 1.165) is 6.92 Å². The van der Waals surface area contributed by atoms with E-state index < -0.39 is 24.1 Å². The van der Waals surface area contributed by atoms with Crippen LogP contribution in [-0.4, -0.2) is 22.8 Å². The number of rotatable bonds is 4. The van der Waals surface area contributed by atoms with Crippen molar-refractivity contribution in [1.29, 1.82) is 0 Å². The molecule has 0 aromatic rings. The summed E-state index contributed by atoms with van der Waals surface area (Å²) in [7, 11) is 0. The van der Waals surface area contributed by atoms with E-state index in [4.69, 9.17) is 0 Å². The fourth-order valence-corrected chi connectivity index (χ4v) is 1.21. The molecule has 0 spiro atoms. The molecule has 0 radical (unpaired) electrons. The summed E-state index contributed by atoms with van der Waals surface area (Å²) in [5, 5.41) is 9.23. The zero-order valence-electron chi connectivity index (χ0n) is 7.96. The molecule has 0 amide bonds. The van der Waals surface area contributed by atoms with Crippen LogP contribution >= 0.6 is 0 Å². The highest BCUT2D eigenvalue weighted by Gasteiger charge is 2.59. The number of aliphatic hydroxyl groups is 1. The maximum Gasteiger partial charge on any atom is 0.453 e. The maximum absolute atomic E-state index is 12.5. The summed E-state index contributed by atoms with van der Waals surface area (Å²) >= 11 is 0. The molecule has 0 aromatic heterocycles. The summed E-state index contributed by atoms with van der Waals surface area (Å²) < 4.78 is 60.2. The van der Waals surface area contributed by atoms with Crippen molar-refractivity contribution in [2.45, 2.75) is 50.8 Å². The van der Waals surface area contributed by atoms with Crippen LogP contribution in [0.5, 0.6) is 0 Å². The van der Waals surface area contributed by atoms with E-state index in [-0.39, 0.29) is 6.42 Å². The topological polar surface area (TPSA) is 20.2 Å². The highest BCUT2D eigenvalue weighted by Crippen LogP contribution is 2.41. The molecule has 0 aliphatic carbocycles. The lowest BCUT2D eigenvalue weighted by Gasteiger charge is -2.29. The second kappa shape index (κ2) is 4.00. The number of hydrogen-bond donors (Lipinski definition) is 1. The van der Waals surface area contributed by atoms with Crippen molar-refractivity contribution in [2.75, 3.05) is 0 Å². The summed E-state index contributed by atoms with van der Waals surface area (Å²) in [5.41, 5.74) is -1.98. The fourth-order valence-electron chi connectivity index (χ4n) is 1.21. The lowest BCUT2D eigenvalue weighted by Crippen LogP contribution is -2.43. The molecule has 86 valence electrons. The molecule has 0 rings (SSSR count). The van der Waals surface area contributed by atoms with Gasteiger partial charge in [-0.2, -0.15) is 22.0 Å². The van der Waals surface area contributed by atoms with Crippen molar-refractivity contribution < 1.29 is 27.1 Å². The molecule has 1 nitrogen and oxygen atoms in total. The molecule has 14 heavy (non-hydrogen) atoms. The largest absolute Gasteiger partial charge is 0.453 e. The molecule has 0 saturated carbocycles. The Morgan fingerprint density at radius 3 is 1.79 bits per heavy atom. The molecule has 0 bridgehead atoms. The van der Waals surface area contributed by atoms with Crippen molar-refractivity contribution in [3.05, 3.63) is 0 Å². The molecule has 1 atom stereocenters. The third-order valence-electron chi connectivity index (χ3n) is 1.81. The summed E-state index contributed by atoms with van der Waals surface area (Å²) in [5.74, 6) is -4.83. The Hall–Kier alpha value is -0.390. The van der Waals surface area contributed by atoms with E-state index >= 15 is 0 Å². The molecule has 0 heterocycles.